The summed E-state index contributed by atoms with van der Waals surface area (Å²) >= 11 is 3.05. The van der Waals surface area contributed by atoms with Crippen molar-refractivity contribution in [3.8, 4) is 5.75 Å². The Morgan fingerprint density at radius 2 is 2.04 bits per heavy atom. The molecule has 24 heavy (non-hydrogen) atoms. The maximum Gasteiger partial charge on any atom is 0.277 e. The molecule has 0 saturated carbocycles. The van der Waals surface area contributed by atoms with E-state index in [0.717, 1.165) is 0 Å². The van der Waals surface area contributed by atoms with Crippen LogP contribution in [0.15, 0.2) is 52.0 Å². The lowest BCUT2D eigenvalue weighted by molar-refractivity contribution is -0.384. The first-order valence-electron chi connectivity index (χ1n) is 6.60. The van der Waals surface area contributed by atoms with E-state index in [1.54, 1.807) is 0 Å². The van der Waals surface area contributed by atoms with E-state index in [9.17, 15) is 19.3 Å². The minimum Gasteiger partial charge on any atom is -0.484 e. The van der Waals surface area contributed by atoms with Crippen LogP contribution in [0.25, 0.3) is 0 Å². The highest BCUT2D eigenvalue weighted by Gasteiger charge is 2.06. The molecular weight excluding hydrogens is 385 g/mol. The van der Waals surface area contributed by atoms with Gasteiger partial charge >= 0.3 is 0 Å². The van der Waals surface area contributed by atoms with Gasteiger partial charge in [-0.1, -0.05) is 6.07 Å². The van der Waals surface area contributed by atoms with Gasteiger partial charge in [-0.2, -0.15) is 5.10 Å². The second-order valence-corrected chi connectivity index (χ2v) is 5.36. The van der Waals surface area contributed by atoms with Crippen molar-refractivity contribution in [2.45, 2.75) is 0 Å². The highest BCUT2D eigenvalue weighted by atomic mass is 79.9. The summed E-state index contributed by atoms with van der Waals surface area (Å²) in [5, 5.41) is 14.2. The molecule has 0 fully saturated rings. The molecule has 0 aliphatic rings. The van der Waals surface area contributed by atoms with Crippen molar-refractivity contribution in [3.05, 3.63) is 68.4 Å². The number of carbonyl (C=O) groups is 1. The molecule has 0 aliphatic carbocycles. The lowest BCUT2D eigenvalue weighted by Gasteiger charge is -2.04. The zero-order valence-corrected chi connectivity index (χ0v) is 13.7. The summed E-state index contributed by atoms with van der Waals surface area (Å²) in [6.07, 6.45) is 1.36. The number of nitro benzene ring substituents is 1. The van der Waals surface area contributed by atoms with Crippen molar-refractivity contribution in [1.29, 1.82) is 0 Å². The first-order chi connectivity index (χ1) is 11.5. The highest BCUT2D eigenvalue weighted by Crippen LogP contribution is 2.17. The normalized spacial score (nSPS) is 10.6. The van der Waals surface area contributed by atoms with E-state index in [-0.39, 0.29) is 12.3 Å². The van der Waals surface area contributed by atoms with Gasteiger partial charge in [0.15, 0.2) is 6.61 Å². The Bertz CT molecular complexity index is 781. The summed E-state index contributed by atoms with van der Waals surface area (Å²) in [6.45, 7) is -0.303. The number of amides is 1. The third-order valence-corrected chi connectivity index (χ3v) is 3.37. The number of nitrogens with one attached hydrogen (secondary N) is 1. The predicted octanol–water partition coefficient (Wildman–Crippen LogP) is 3.03. The molecule has 9 heteroatoms. The molecule has 0 aromatic heterocycles. The molecule has 2 rings (SSSR count). The molecular formula is C15H11BrFN3O4. The van der Waals surface area contributed by atoms with Crippen LogP contribution in [0, 0.1) is 15.9 Å². The number of nitrogens with zero attached hydrogens (tertiary/aromatic N) is 2. The minimum absolute atomic E-state index is 0.0677. The smallest absolute Gasteiger partial charge is 0.277 e. The molecule has 124 valence electrons. The first kappa shape index (κ1) is 17.5. The second-order valence-electron chi connectivity index (χ2n) is 4.51. The number of benzene rings is 2. The number of hydrogen-bond donors (Lipinski definition) is 1. The van der Waals surface area contributed by atoms with Gasteiger partial charge < -0.3 is 4.74 Å². The van der Waals surface area contributed by atoms with Crippen molar-refractivity contribution in [1.82, 2.24) is 5.43 Å². The Morgan fingerprint density at radius 1 is 1.33 bits per heavy atom. The summed E-state index contributed by atoms with van der Waals surface area (Å²) in [6, 6.07) is 9.62. The summed E-state index contributed by atoms with van der Waals surface area (Å²) in [4.78, 5) is 21.6. The Morgan fingerprint density at radius 3 is 2.67 bits per heavy atom. The van der Waals surface area contributed by atoms with Crippen LogP contribution in [-0.4, -0.2) is 23.7 Å². The lowest BCUT2D eigenvalue weighted by atomic mass is 10.2. The topological polar surface area (TPSA) is 93.8 Å². The SMILES string of the molecule is O=C(COc1ccc([N+](=O)[O-])cc1)N/N=C/c1ccc(F)c(Br)c1. The van der Waals surface area contributed by atoms with E-state index in [4.69, 9.17) is 4.74 Å². The molecule has 0 bridgehead atoms. The molecule has 0 spiro atoms. The van der Waals surface area contributed by atoms with Crippen molar-refractivity contribution in [2.75, 3.05) is 6.61 Å². The van der Waals surface area contributed by atoms with E-state index in [2.05, 4.69) is 26.5 Å². The Hall–Kier alpha value is -2.81. The van der Waals surface area contributed by atoms with E-state index in [1.807, 2.05) is 0 Å². The lowest BCUT2D eigenvalue weighted by Crippen LogP contribution is -2.24. The average molecular weight is 396 g/mol. The third kappa shape index (κ3) is 5.13. The Balaban J connectivity index is 1.81. The number of rotatable bonds is 6. The van der Waals surface area contributed by atoms with Crippen LogP contribution in [0.3, 0.4) is 0 Å². The molecule has 0 heterocycles. The molecule has 7 nitrogen and oxygen atoms in total. The average Bonchev–Trinajstić information content (AvgIpc) is 2.56. The van der Waals surface area contributed by atoms with Gasteiger partial charge in [0.05, 0.1) is 15.6 Å². The molecule has 0 radical (unpaired) electrons. The summed E-state index contributed by atoms with van der Waals surface area (Å²) in [7, 11) is 0. The van der Waals surface area contributed by atoms with Gasteiger partial charge in [-0.25, -0.2) is 9.82 Å². The monoisotopic (exact) mass is 395 g/mol. The number of hydrazone groups is 1. The zero-order chi connectivity index (χ0) is 17.5. The molecule has 2 aromatic rings. The van der Waals surface area contributed by atoms with Gasteiger partial charge in [-0.3, -0.25) is 14.9 Å². The fraction of sp³-hybridized carbons (Fsp3) is 0.0667. The van der Waals surface area contributed by atoms with Crippen molar-refractivity contribution >= 4 is 33.7 Å². The van der Waals surface area contributed by atoms with Crippen LogP contribution in [-0.2, 0) is 4.79 Å². The van der Waals surface area contributed by atoms with Gasteiger partial charge in [0.1, 0.15) is 11.6 Å². The Labute approximate surface area is 144 Å². The number of hydrogen-bond acceptors (Lipinski definition) is 5. The van der Waals surface area contributed by atoms with Crippen LogP contribution in [0.5, 0.6) is 5.75 Å². The second kappa shape index (κ2) is 8.16. The maximum absolute atomic E-state index is 13.1. The van der Waals surface area contributed by atoms with Crippen LogP contribution in [0.1, 0.15) is 5.56 Å². The minimum atomic E-state index is -0.529. The standard InChI is InChI=1S/C15H11BrFN3O4/c16-13-7-10(1-6-14(13)17)8-18-19-15(21)9-24-12-4-2-11(3-5-12)20(22)23/h1-8H,9H2,(H,19,21)/b18-8+. The fourth-order valence-corrected chi connectivity index (χ4v) is 2.01. The molecule has 0 saturated heterocycles. The van der Waals surface area contributed by atoms with Gasteiger partial charge in [0.2, 0.25) is 0 Å². The zero-order valence-electron chi connectivity index (χ0n) is 12.1. The van der Waals surface area contributed by atoms with E-state index >= 15 is 0 Å². The van der Waals surface area contributed by atoms with Crippen molar-refractivity contribution < 1.29 is 18.8 Å². The third-order valence-electron chi connectivity index (χ3n) is 2.76. The van der Waals surface area contributed by atoms with Crippen molar-refractivity contribution in [2.24, 2.45) is 5.10 Å². The van der Waals surface area contributed by atoms with Crippen LogP contribution in [0.2, 0.25) is 0 Å². The van der Waals surface area contributed by atoms with E-state index in [1.165, 1.54) is 48.7 Å². The Kier molecular flexibility index (Phi) is 5.96. The number of non-ortho nitro benzene ring substituents is 1. The largest absolute Gasteiger partial charge is 0.484 e. The van der Waals surface area contributed by atoms with Crippen LogP contribution < -0.4 is 10.2 Å². The molecule has 0 atom stereocenters. The van der Waals surface area contributed by atoms with Gasteiger partial charge in [0, 0.05) is 12.1 Å². The van der Waals surface area contributed by atoms with Crippen molar-refractivity contribution in [3.63, 3.8) is 0 Å². The molecule has 0 unspecified atom stereocenters. The number of halogens is 2. The van der Waals surface area contributed by atoms with E-state index in [0.29, 0.717) is 15.8 Å². The van der Waals surface area contributed by atoms with E-state index < -0.39 is 16.6 Å². The number of nitro groups is 1. The maximum atomic E-state index is 13.1. The van der Waals surface area contributed by atoms with Crippen LogP contribution >= 0.6 is 15.9 Å². The fourth-order valence-electron chi connectivity index (χ4n) is 1.62. The van der Waals surface area contributed by atoms with Gasteiger partial charge in [0.25, 0.3) is 11.6 Å². The number of ether oxygens (including phenoxy) is 1. The predicted molar refractivity (Wildman–Crippen MR) is 88.4 cm³/mol. The summed E-state index contributed by atoms with van der Waals surface area (Å²) in [5.41, 5.74) is 2.78. The molecule has 0 aliphatic heterocycles. The first-order valence-corrected chi connectivity index (χ1v) is 7.39. The van der Waals surface area contributed by atoms with Gasteiger partial charge in [-0.15, -0.1) is 0 Å². The summed E-state index contributed by atoms with van der Waals surface area (Å²) < 4.78 is 18.5. The molecule has 1 N–H and O–H groups in total. The quantitative estimate of drug-likeness (QED) is 0.462. The van der Waals surface area contributed by atoms with Gasteiger partial charge in [-0.05, 0) is 45.8 Å². The molecule has 2 aromatic carbocycles. The number of carbonyl (C=O) groups excluding carboxylic acids is 1. The summed E-state index contributed by atoms with van der Waals surface area (Å²) in [5.74, 6) is -0.583. The highest BCUT2D eigenvalue weighted by molar-refractivity contribution is 9.10. The molecule has 1 amide bonds. The van der Waals surface area contributed by atoms with Crippen LogP contribution in [0.4, 0.5) is 10.1 Å².